The maximum Gasteiger partial charge on any atom is 0.138 e. The summed E-state index contributed by atoms with van der Waals surface area (Å²) in [5.74, 6) is 2.79. The maximum absolute atomic E-state index is 4.81. The van der Waals surface area contributed by atoms with Gasteiger partial charge in [0.1, 0.15) is 17.5 Å². The molecule has 2 heterocycles. The number of aromatic nitrogens is 2. The number of likely N-dealkylation sites (tertiary alicyclic amines) is 1. The zero-order valence-corrected chi connectivity index (χ0v) is 14.3. The summed E-state index contributed by atoms with van der Waals surface area (Å²) < 4.78 is 0. The van der Waals surface area contributed by atoms with E-state index in [0.29, 0.717) is 6.04 Å². The minimum Gasteiger partial charge on any atom is -0.373 e. The van der Waals surface area contributed by atoms with Crippen LogP contribution in [-0.4, -0.2) is 55.1 Å². The van der Waals surface area contributed by atoms with Crippen molar-refractivity contribution in [3.05, 3.63) is 11.9 Å². The van der Waals surface area contributed by atoms with Crippen molar-refractivity contribution in [1.29, 1.82) is 0 Å². The zero-order valence-electron chi connectivity index (χ0n) is 14.3. The summed E-state index contributed by atoms with van der Waals surface area (Å²) in [6, 6.07) is 2.57. The van der Waals surface area contributed by atoms with Gasteiger partial charge in [0.25, 0.3) is 0 Å². The number of rotatable bonds is 3. The van der Waals surface area contributed by atoms with Crippen molar-refractivity contribution in [2.75, 3.05) is 44.4 Å². The van der Waals surface area contributed by atoms with Gasteiger partial charge in [0, 0.05) is 38.2 Å². The molecule has 0 saturated carbocycles. The van der Waals surface area contributed by atoms with Gasteiger partial charge in [-0.15, -0.1) is 0 Å². The Kier molecular flexibility index (Phi) is 4.71. The topological polar surface area (TPSA) is 44.3 Å². The van der Waals surface area contributed by atoms with E-state index in [9.17, 15) is 0 Å². The molecule has 1 aliphatic heterocycles. The number of anilines is 2. The molecule has 1 N–H and O–H groups in total. The standard InChI is InChI=1S/C16H29N5/c1-16(2,3)15-18-13(17-4)10-14(19-15)21(6)12-8-7-9-20(5)11-12/h10,12H,7-9,11H2,1-6H3,(H,17,18,19). The Morgan fingerprint density at radius 1 is 1.33 bits per heavy atom. The fourth-order valence-electron chi connectivity index (χ4n) is 2.72. The second-order valence-corrected chi connectivity index (χ2v) is 7.10. The summed E-state index contributed by atoms with van der Waals surface area (Å²) >= 11 is 0. The lowest BCUT2D eigenvalue weighted by Gasteiger charge is -2.37. The smallest absolute Gasteiger partial charge is 0.138 e. The van der Waals surface area contributed by atoms with E-state index in [4.69, 9.17) is 4.98 Å². The second kappa shape index (κ2) is 6.18. The van der Waals surface area contributed by atoms with E-state index in [-0.39, 0.29) is 5.41 Å². The van der Waals surface area contributed by atoms with Crippen molar-refractivity contribution < 1.29 is 0 Å². The molecule has 1 aromatic rings. The van der Waals surface area contributed by atoms with E-state index in [1.54, 1.807) is 0 Å². The summed E-state index contributed by atoms with van der Waals surface area (Å²) in [7, 11) is 6.25. The summed E-state index contributed by atoms with van der Waals surface area (Å²) in [6.45, 7) is 8.75. The molecule has 1 aliphatic rings. The number of piperidine rings is 1. The van der Waals surface area contributed by atoms with Crippen molar-refractivity contribution in [3.8, 4) is 0 Å². The van der Waals surface area contributed by atoms with Gasteiger partial charge in [0.15, 0.2) is 0 Å². The third-order valence-corrected chi connectivity index (χ3v) is 4.15. The molecule has 0 amide bonds. The molecule has 0 spiro atoms. The highest BCUT2D eigenvalue weighted by atomic mass is 15.3. The molecule has 0 radical (unpaired) electrons. The SMILES string of the molecule is CNc1cc(N(C)C2CCCN(C)C2)nc(C(C)(C)C)n1. The highest BCUT2D eigenvalue weighted by Gasteiger charge is 2.25. The molecule has 1 fully saturated rings. The van der Waals surface area contributed by atoms with E-state index in [1.165, 1.54) is 19.4 Å². The molecule has 1 unspecified atom stereocenters. The third kappa shape index (κ3) is 3.84. The molecule has 1 atom stereocenters. The minimum atomic E-state index is -0.0498. The predicted octanol–water partition coefficient (Wildman–Crippen LogP) is 2.35. The average Bonchev–Trinajstić information content (AvgIpc) is 2.45. The van der Waals surface area contributed by atoms with Gasteiger partial charge in [-0.25, -0.2) is 9.97 Å². The minimum absolute atomic E-state index is 0.0498. The van der Waals surface area contributed by atoms with Gasteiger partial charge in [-0.05, 0) is 26.4 Å². The second-order valence-electron chi connectivity index (χ2n) is 7.10. The van der Waals surface area contributed by atoms with Crippen LogP contribution in [0.4, 0.5) is 11.6 Å². The first kappa shape index (κ1) is 16.0. The van der Waals surface area contributed by atoms with Crippen molar-refractivity contribution in [2.24, 2.45) is 0 Å². The van der Waals surface area contributed by atoms with Crippen molar-refractivity contribution in [1.82, 2.24) is 14.9 Å². The Morgan fingerprint density at radius 2 is 2.05 bits per heavy atom. The molecular formula is C16H29N5. The number of hydrogen-bond acceptors (Lipinski definition) is 5. The molecule has 0 aliphatic carbocycles. The highest BCUT2D eigenvalue weighted by Crippen LogP contribution is 2.26. The van der Waals surface area contributed by atoms with Crippen LogP contribution in [0.1, 0.15) is 39.4 Å². The van der Waals surface area contributed by atoms with Gasteiger partial charge < -0.3 is 15.1 Å². The van der Waals surface area contributed by atoms with Crippen LogP contribution in [-0.2, 0) is 5.41 Å². The predicted molar refractivity (Wildman–Crippen MR) is 89.2 cm³/mol. The van der Waals surface area contributed by atoms with Crippen LogP contribution in [0.3, 0.4) is 0 Å². The number of nitrogens with zero attached hydrogens (tertiary/aromatic N) is 4. The lowest BCUT2D eigenvalue weighted by molar-refractivity contribution is 0.247. The lowest BCUT2D eigenvalue weighted by atomic mass is 9.95. The molecule has 1 aromatic heterocycles. The molecule has 118 valence electrons. The van der Waals surface area contributed by atoms with Crippen LogP contribution >= 0.6 is 0 Å². The molecule has 1 saturated heterocycles. The van der Waals surface area contributed by atoms with Gasteiger partial charge in [0.2, 0.25) is 0 Å². The van der Waals surface area contributed by atoms with Crippen LogP contribution < -0.4 is 10.2 Å². The third-order valence-electron chi connectivity index (χ3n) is 4.15. The van der Waals surface area contributed by atoms with Crippen LogP contribution in [0.2, 0.25) is 0 Å². The van der Waals surface area contributed by atoms with Gasteiger partial charge in [-0.3, -0.25) is 0 Å². The van der Waals surface area contributed by atoms with E-state index in [0.717, 1.165) is 24.0 Å². The number of hydrogen-bond donors (Lipinski definition) is 1. The van der Waals surface area contributed by atoms with E-state index in [2.05, 4.69) is 55.0 Å². The van der Waals surface area contributed by atoms with Crippen LogP contribution in [0.15, 0.2) is 6.07 Å². The molecule has 5 nitrogen and oxygen atoms in total. The van der Waals surface area contributed by atoms with Crippen LogP contribution in [0.25, 0.3) is 0 Å². The summed E-state index contributed by atoms with van der Waals surface area (Å²) in [4.78, 5) is 14.1. The van der Waals surface area contributed by atoms with Gasteiger partial charge in [-0.1, -0.05) is 20.8 Å². The first-order valence-electron chi connectivity index (χ1n) is 7.80. The van der Waals surface area contributed by atoms with Gasteiger partial charge >= 0.3 is 0 Å². The Balaban J connectivity index is 2.29. The van der Waals surface area contributed by atoms with E-state index >= 15 is 0 Å². The largest absolute Gasteiger partial charge is 0.373 e. The molecule has 2 rings (SSSR count). The summed E-state index contributed by atoms with van der Waals surface area (Å²) in [5, 5.41) is 3.16. The summed E-state index contributed by atoms with van der Waals surface area (Å²) in [6.07, 6.45) is 2.48. The summed E-state index contributed by atoms with van der Waals surface area (Å²) in [5.41, 5.74) is -0.0498. The first-order chi connectivity index (χ1) is 9.81. The van der Waals surface area contributed by atoms with Gasteiger partial charge in [-0.2, -0.15) is 0 Å². The zero-order chi connectivity index (χ0) is 15.6. The highest BCUT2D eigenvalue weighted by molar-refractivity contribution is 5.50. The molecule has 0 aromatic carbocycles. The molecule has 0 bridgehead atoms. The Bertz CT molecular complexity index is 480. The number of nitrogens with one attached hydrogen (secondary N) is 1. The van der Waals surface area contributed by atoms with E-state index in [1.807, 2.05) is 13.1 Å². The molecular weight excluding hydrogens is 262 g/mol. The monoisotopic (exact) mass is 291 g/mol. The van der Waals surface area contributed by atoms with Crippen molar-refractivity contribution in [2.45, 2.75) is 45.1 Å². The normalized spacial score (nSPS) is 20.4. The Hall–Kier alpha value is -1.36. The van der Waals surface area contributed by atoms with Crippen LogP contribution in [0, 0.1) is 0 Å². The fraction of sp³-hybridized carbons (Fsp3) is 0.750. The van der Waals surface area contributed by atoms with Crippen molar-refractivity contribution >= 4 is 11.6 Å². The number of likely N-dealkylation sites (N-methyl/N-ethyl adjacent to an activating group) is 2. The van der Waals surface area contributed by atoms with Crippen LogP contribution in [0.5, 0.6) is 0 Å². The Morgan fingerprint density at radius 3 is 2.62 bits per heavy atom. The van der Waals surface area contributed by atoms with Gasteiger partial charge in [0.05, 0.1) is 0 Å². The fourth-order valence-corrected chi connectivity index (χ4v) is 2.72. The maximum atomic E-state index is 4.81. The molecule has 21 heavy (non-hydrogen) atoms. The van der Waals surface area contributed by atoms with E-state index < -0.39 is 0 Å². The average molecular weight is 291 g/mol. The molecule has 5 heteroatoms. The first-order valence-corrected chi connectivity index (χ1v) is 7.80. The Labute approximate surface area is 128 Å². The lowest BCUT2D eigenvalue weighted by Crippen LogP contribution is -2.45. The quantitative estimate of drug-likeness (QED) is 0.926. The van der Waals surface area contributed by atoms with Crippen molar-refractivity contribution in [3.63, 3.8) is 0 Å².